The van der Waals surface area contributed by atoms with E-state index in [2.05, 4.69) is 4.72 Å². The fourth-order valence-electron chi connectivity index (χ4n) is 2.17. The molecule has 1 aromatic rings. The molecule has 0 fully saturated rings. The number of carboxylic acid groups (broad SMARTS) is 1. The van der Waals surface area contributed by atoms with E-state index >= 15 is 0 Å². The highest BCUT2D eigenvalue weighted by Crippen LogP contribution is 2.21. The summed E-state index contributed by atoms with van der Waals surface area (Å²) >= 11 is 0. The maximum atomic E-state index is 12.3. The van der Waals surface area contributed by atoms with Crippen LogP contribution in [0.2, 0.25) is 0 Å². The van der Waals surface area contributed by atoms with Crippen molar-refractivity contribution in [3.05, 3.63) is 28.8 Å². The molecule has 1 aromatic carbocycles. The zero-order chi connectivity index (χ0) is 15.5. The minimum atomic E-state index is -3.70. The number of carbonyl (C=O) groups is 1. The van der Waals surface area contributed by atoms with Crippen molar-refractivity contribution in [1.29, 1.82) is 0 Å². The Morgan fingerprint density at radius 1 is 1.30 bits per heavy atom. The molecule has 0 radical (unpaired) electrons. The SMILES string of the molecule is CCCC(C)NS(=O)(=O)c1cc(C(=O)O)c(C)cc1C. The highest BCUT2D eigenvalue weighted by molar-refractivity contribution is 7.89. The molecule has 2 N–H and O–H groups in total. The zero-order valence-electron chi connectivity index (χ0n) is 12.2. The van der Waals surface area contributed by atoms with Crippen molar-refractivity contribution in [3.8, 4) is 0 Å². The molecule has 0 saturated heterocycles. The van der Waals surface area contributed by atoms with Crippen molar-refractivity contribution in [3.63, 3.8) is 0 Å². The van der Waals surface area contributed by atoms with E-state index in [1.54, 1.807) is 26.8 Å². The minimum Gasteiger partial charge on any atom is -0.478 e. The topological polar surface area (TPSA) is 83.5 Å². The van der Waals surface area contributed by atoms with Crippen LogP contribution in [0, 0.1) is 13.8 Å². The van der Waals surface area contributed by atoms with E-state index in [0.29, 0.717) is 11.1 Å². The Hall–Kier alpha value is -1.40. The van der Waals surface area contributed by atoms with Crippen molar-refractivity contribution in [2.75, 3.05) is 0 Å². The summed E-state index contributed by atoms with van der Waals surface area (Å²) in [5, 5.41) is 9.10. The van der Waals surface area contributed by atoms with Gasteiger partial charge in [-0.25, -0.2) is 17.9 Å². The van der Waals surface area contributed by atoms with Crippen LogP contribution in [0.25, 0.3) is 0 Å². The average molecular weight is 299 g/mol. The highest BCUT2D eigenvalue weighted by Gasteiger charge is 2.22. The molecular formula is C14H21NO4S. The summed E-state index contributed by atoms with van der Waals surface area (Å²) in [7, 11) is -3.70. The Bertz CT molecular complexity index is 608. The van der Waals surface area contributed by atoms with Crippen LogP contribution in [0.1, 0.15) is 48.2 Å². The number of hydrogen-bond donors (Lipinski definition) is 2. The average Bonchev–Trinajstić information content (AvgIpc) is 2.27. The van der Waals surface area contributed by atoms with Crippen LogP contribution in [0.15, 0.2) is 17.0 Å². The summed E-state index contributed by atoms with van der Waals surface area (Å²) in [5.41, 5.74) is 1.11. The van der Waals surface area contributed by atoms with E-state index in [9.17, 15) is 13.2 Å². The lowest BCUT2D eigenvalue weighted by Gasteiger charge is -2.16. The predicted octanol–water partition coefficient (Wildman–Crippen LogP) is 2.47. The molecular weight excluding hydrogens is 278 g/mol. The van der Waals surface area contributed by atoms with Gasteiger partial charge in [-0.3, -0.25) is 0 Å². The summed E-state index contributed by atoms with van der Waals surface area (Å²) < 4.78 is 27.2. The first-order valence-electron chi connectivity index (χ1n) is 6.56. The van der Waals surface area contributed by atoms with Gasteiger partial charge in [-0.1, -0.05) is 19.4 Å². The van der Waals surface area contributed by atoms with Gasteiger partial charge < -0.3 is 5.11 Å². The van der Waals surface area contributed by atoms with Crippen molar-refractivity contribution >= 4 is 16.0 Å². The van der Waals surface area contributed by atoms with Crippen LogP contribution >= 0.6 is 0 Å². The molecule has 0 amide bonds. The molecule has 112 valence electrons. The van der Waals surface area contributed by atoms with Gasteiger partial charge in [0.1, 0.15) is 0 Å². The third kappa shape index (κ3) is 3.80. The van der Waals surface area contributed by atoms with Gasteiger partial charge in [0.15, 0.2) is 0 Å². The van der Waals surface area contributed by atoms with Crippen LogP contribution in [-0.4, -0.2) is 25.5 Å². The maximum absolute atomic E-state index is 12.3. The summed E-state index contributed by atoms with van der Waals surface area (Å²) in [5.74, 6) is -1.12. The molecule has 0 aliphatic carbocycles. The largest absolute Gasteiger partial charge is 0.478 e. The van der Waals surface area contributed by atoms with Gasteiger partial charge in [0.2, 0.25) is 10.0 Å². The lowest BCUT2D eigenvalue weighted by atomic mass is 10.1. The van der Waals surface area contributed by atoms with Crippen molar-refractivity contribution in [1.82, 2.24) is 4.72 Å². The van der Waals surface area contributed by atoms with Crippen molar-refractivity contribution < 1.29 is 18.3 Å². The molecule has 1 unspecified atom stereocenters. The number of aryl methyl sites for hydroxylation is 2. The van der Waals surface area contributed by atoms with Crippen molar-refractivity contribution in [2.45, 2.75) is 51.5 Å². The third-order valence-electron chi connectivity index (χ3n) is 3.12. The normalized spacial score (nSPS) is 13.2. The van der Waals surface area contributed by atoms with E-state index in [1.807, 2.05) is 6.92 Å². The Morgan fingerprint density at radius 3 is 2.40 bits per heavy atom. The Balaban J connectivity index is 3.24. The predicted molar refractivity (Wildman–Crippen MR) is 77.6 cm³/mol. The lowest BCUT2D eigenvalue weighted by Crippen LogP contribution is -2.33. The molecule has 1 rings (SSSR count). The van der Waals surface area contributed by atoms with E-state index in [4.69, 9.17) is 5.11 Å². The number of nitrogens with one attached hydrogen (secondary N) is 1. The molecule has 0 aliphatic rings. The standard InChI is InChI=1S/C14H21NO4S/c1-5-6-11(4)15-20(18,19)13-8-12(14(16)17)9(2)7-10(13)3/h7-8,11,15H,5-6H2,1-4H3,(H,16,17). The van der Waals surface area contributed by atoms with Crippen LogP contribution in [0.4, 0.5) is 0 Å². The Morgan fingerprint density at radius 2 is 1.90 bits per heavy atom. The van der Waals surface area contributed by atoms with Gasteiger partial charge in [0, 0.05) is 6.04 Å². The van der Waals surface area contributed by atoms with Crippen LogP contribution < -0.4 is 4.72 Å². The fraction of sp³-hybridized carbons (Fsp3) is 0.500. The maximum Gasteiger partial charge on any atom is 0.335 e. The monoisotopic (exact) mass is 299 g/mol. The molecule has 0 heterocycles. The molecule has 20 heavy (non-hydrogen) atoms. The van der Waals surface area contributed by atoms with Crippen LogP contribution in [-0.2, 0) is 10.0 Å². The van der Waals surface area contributed by atoms with E-state index in [0.717, 1.165) is 12.8 Å². The van der Waals surface area contributed by atoms with Gasteiger partial charge in [0.25, 0.3) is 0 Å². The van der Waals surface area contributed by atoms with Gasteiger partial charge >= 0.3 is 5.97 Å². The molecule has 0 bridgehead atoms. The van der Waals surface area contributed by atoms with E-state index in [-0.39, 0.29) is 16.5 Å². The summed E-state index contributed by atoms with van der Waals surface area (Å²) in [6, 6.07) is 2.63. The molecule has 0 aromatic heterocycles. The van der Waals surface area contributed by atoms with Gasteiger partial charge in [0.05, 0.1) is 10.5 Å². The Labute approximate surface area is 120 Å². The summed E-state index contributed by atoms with van der Waals surface area (Å²) in [4.78, 5) is 11.2. The second-order valence-corrected chi connectivity index (χ2v) is 6.73. The first kappa shape index (κ1) is 16.7. The van der Waals surface area contributed by atoms with Crippen molar-refractivity contribution in [2.24, 2.45) is 0 Å². The quantitative estimate of drug-likeness (QED) is 0.845. The second-order valence-electron chi connectivity index (χ2n) is 5.05. The first-order valence-corrected chi connectivity index (χ1v) is 8.04. The molecule has 6 heteroatoms. The highest BCUT2D eigenvalue weighted by atomic mass is 32.2. The van der Waals surface area contributed by atoms with E-state index < -0.39 is 16.0 Å². The molecule has 0 saturated carbocycles. The van der Waals surface area contributed by atoms with Gasteiger partial charge in [-0.2, -0.15) is 0 Å². The van der Waals surface area contributed by atoms with Gasteiger partial charge in [-0.05, 0) is 44.4 Å². The molecule has 5 nitrogen and oxygen atoms in total. The summed E-state index contributed by atoms with van der Waals surface area (Å²) in [6.07, 6.45) is 1.60. The number of carboxylic acids is 1. The molecule has 0 spiro atoms. The third-order valence-corrected chi connectivity index (χ3v) is 4.85. The second kappa shape index (κ2) is 6.37. The minimum absolute atomic E-state index is 0.0131. The number of benzene rings is 1. The number of aromatic carboxylic acids is 1. The smallest absolute Gasteiger partial charge is 0.335 e. The van der Waals surface area contributed by atoms with E-state index in [1.165, 1.54) is 6.07 Å². The van der Waals surface area contributed by atoms with Crippen LogP contribution in [0.5, 0.6) is 0 Å². The number of sulfonamides is 1. The Kier molecular flexibility index (Phi) is 5.30. The summed E-state index contributed by atoms with van der Waals surface area (Å²) in [6.45, 7) is 7.09. The first-order chi connectivity index (χ1) is 9.19. The zero-order valence-corrected chi connectivity index (χ0v) is 13.0. The molecule has 1 atom stereocenters. The number of rotatable bonds is 6. The van der Waals surface area contributed by atoms with Crippen LogP contribution in [0.3, 0.4) is 0 Å². The van der Waals surface area contributed by atoms with Gasteiger partial charge in [-0.15, -0.1) is 0 Å². The lowest BCUT2D eigenvalue weighted by molar-refractivity contribution is 0.0696. The molecule has 0 aliphatic heterocycles. The fourth-order valence-corrected chi connectivity index (χ4v) is 3.70. The number of hydrogen-bond acceptors (Lipinski definition) is 3.